The molecule has 0 unspecified atom stereocenters. The highest BCUT2D eigenvalue weighted by atomic mass is 16.1. The minimum absolute atomic E-state index is 0.302. The van der Waals surface area contributed by atoms with E-state index in [2.05, 4.69) is 9.98 Å². The zero-order chi connectivity index (χ0) is 6.53. The monoisotopic (exact) mass is 121 g/mol. The molecule has 0 saturated carbocycles. The van der Waals surface area contributed by atoms with E-state index in [1.807, 2.05) is 0 Å². The molecule has 0 aliphatic carbocycles. The standard InChI is InChI=1S/C6H5N2O/c9-5-6-1-2-7-3-4-8-6/h1-2,4H,3H2. The molecular weight excluding hydrogens is 116 g/mol. The summed E-state index contributed by atoms with van der Waals surface area (Å²) in [6.45, 7) is 0.543. The molecule has 3 heteroatoms. The van der Waals surface area contributed by atoms with Gasteiger partial charge in [-0.2, -0.15) is 0 Å². The molecule has 45 valence electrons. The third kappa shape index (κ3) is 1.60. The van der Waals surface area contributed by atoms with Gasteiger partial charge in [0.25, 0.3) is 6.29 Å². The number of allylic oxidation sites excluding steroid dienone is 2. The number of hydrogen-bond donors (Lipinski definition) is 0. The quantitative estimate of drug-likeness (QED) is 0.486. The summed E-state index contributed by atoms with van der Waals surface area (Å²) in [5, 5.41) is 0. The third-order valence-electron chi connectivity index (χ3n) is 0.860. The van der Waals surface area contributed by atoms with Crippen LogP contribution in [0.15, 0.2) is 21.8 Å². The van der Waals surface area contributed by atoms with Crippen LogP contribution in [-0.2, 0) is 4.79 Å². The van der Waals surface area contributed by atoms with Crippen LogP contribution in [0.5, 0.6) is 0 Å². The van der Waals surface area contributed by atoms with Gasteiger partial charge in [0.2, 0.25) is 0 Å². The second-order valence-electron chi connectivity index (χ2n) is 1.48. The SMILES string of the molecule is O=[C]C1=CC=NCC=N1. The molecule has 1 rings (SSSR count). The average molecular weight is 121 g/mol. The van der Waals surface area contributed by atoms with Crippen LogP contribution in [0.2, 0.25) is 0 Å². The van der Waals surface area contributed by atoms with Crippen molar-refractivity contribution in [3.63, 3.8) is 0 Å². The van der Waals surface area contributed by atoms with Crippen molar-refractivity contribution in [1.29, 1.82) is 0 Å². The van der Waals surface area contributed by atoms with Crippen molar-refractivity contribution in [2.75, 3.05) is 6.54 Å². The minimum atomic E-state index is 0.302. The number of carbonyl (C=O) groups excluding carboxylic acids is 1. The third-order valence-corrected chi connectivity index (χ3v) is 0.860. The lowest BCUT2D eigenvalue weighted by Gasteiger charge is -1.78. The first-order valence-corrected chi connectivity index (χ1v) is 2.54. The Kier molecular flexibility index (Phi) is 1.90. The Balaban J connectivity index is 2.78. The van der Waals surface area contributed by atoms with Crippen LogP contribution in [0.4, 0.5) is 0 Å². The molecule has 1 aliphatic heterocycles. The highest BCUT2D eigenvalue weighted by Gasteiger charge is 1.90. The Labute approximate surface area is 52.8 Å². The van der Waals surface area contributed by atoms with E-state index in [1.165, 1.54) is 6.08 Å². The molecule has 3 nitrogen and oxygen atoms in total. The lowest BCUT2D eigenvalue weighted by molar-refractivity contribution is 0.561. The smallest absolute Gasteiger partial charge is 0.253 e. The maximum Gasteiger partial charge on any atom is 0.253 e. The summed E-state index contributed by atoms with van der Waals surface area (Å²) in [6, 6.07) is 0. The number of nitrogens with zero attached hydrogens (tertiary/aromatic N) is 2. The first kappa shape index (κ1) is 5.88. The van der Waals surface area contributed by atoms with Crippen LogP contribution in [0, 0.1) is 0 Å². The van der Waals surface area contributed by atoms with E-state index in [0.717, 1.165) is 0 Å². The summed E-state index contributed by atoms with van der Waals surface area (Å²) in [7, 11) is 0. The maximum atomic E-state index is 9.94. The fourth-order valence-electron chi connectivity index (χ4n) is 0.474. The predicted molar refractivity (Wildman–Crippen MR) is 35.6 cm³/mol. The Hall–Kier alpha value is -1.25. The largest absolute Gasteiger partial charge is 0.287 e. The van der Waals surface area contributed by atoms with Crippen LogP contribution >= 0.6 is 0 Å². The summed E-state index contributed by atoms with van der Waals surface area (Å²) < 4.78 is 0. The van der Waals surface area contributed by atoms with E-state index in [0.29, 0.717) is 12.2 Å². The van der Waals surface area contributed by atoms with Crippen LogP contribution in [0.1, 0.15) is 0 Å². The van der Waals surface area contributed by atoms with Gasteiger partial charge < -0.3 is 0 Å². The summed E-state index contributed by atoms with van der Waals surface area (Å²) in [6.07, 6.45) is 6.31. The van der Waals surface area contributed by atoms with E-state index in [1.54, 1.807) is 18.7 Å². The molecule has 0 N–H and O–H groups in total. The van der Waals surface area contributed by atoms with Crippen molar-refractivity contribution >= 4 is 18.7 Å². The molecule has 0 amide bonds. The maximum absolute atomic E-state index is 9.94. The number of aliphatic imine (C=N–C) groups is 2. The molecule has 1 aliphatic rings. The highest BCUT2D eigenvalue weighted by Crippen LogP contribution is 1.90. The molecule has 0 fully saturated rings. The molecule has 0 aromatic heterocycles. The molecule has 9 heavy (non-hydrogen) atoms. The lowest BCUT2D eigenvalue weighted by Crippen LogP contribution is -1.80. The van der Waals surface area contributed by atoms with Crippen molar-refractivity contribution in [2.24, 2.45) is 9.98 Å². The van der Waals surface area contributed by atoms with Gasteiger partial charge in [-0.25, -0.2) is 0 Å². The summed E-state index contributed by atoms with van der Waals surface area (Å²) >= 11 is 0. The summed E-state index contributed by atoms with van der Waals surface area (Å²) in [5.74, 6) is 0. The molecule has 0 bridgehead atoms. The molecule has 1 radical (unpaired) electrons. The van der Waals surface area contributed by atoms with Gasteiger partial charge in [0.05, 0.1) is 6.54 Å². The molecule has 1 heterocycles. The Morgan fingerprint density at radius 3 is 3.33 bits per heavy atom. The second kappa shape index (κ2) is 2.91. The highest BCUT2D eigenvalue weighted by molar-refractivity contribution is 5.88. The lowest BCUT2D eigenvalue weighted by atomic mass is 10.4. The van der Waals surface area contributed by atoms with E-state index in [4.69, 9.17) is 0 Å². The molecule has 0 aromatic carbocycles. The zero-order valence-electron chi connectivity index (χ0n) is 4.74. The normalized spacial score (nSPS) is 16.7. The van der Waals surface area contributed by atoms with Crippen LogP contribution < -0.4 is 0 Å². The van der Waals surface area contributed by atoms with Crippen molar-refractivity contribution in [3.8, 4) is 0 Å². The number of rotatable bonds is 1. The van der Waals surface area contributed by atoms with Crippen LogP contribution in [0.25, 0.3) is 0 Å². The van der Waals surface area contributed by atoms with Crippen LogP contribution in [-0.4, -0.2) is 25.3 Å². The van der Waals surface area contributed by atoms with Gasteiger partial charge in [0.1, 0.15) is 5.70 Å². The molecule has 0 atom stereocenters. The van der Waals surface area contributed by atoms with Gasteiger partial charge >= 0.3 is 0 Å². The minimum Gasteiger partial charge on any atom is -0.287 e. The Morgan fingerprint density at radius 2 is 2.56 bits per heavy atom. The van der Waals surface area contributed by atoms with E-state index in [9.17, 15) is 4.79 Å². The average Bonchev–Trinajstić information content (AvgIpc) is 2.13. The van der Waals surface area contributed by atoms with Gasteiger partial charge in [-0.1, -0.05) is 0 Å². The van der Waals surface area contributed by atoms with Gasteiger partial charge in [-0.3, -0.25) is 14.8 Å². The van der Waals surface area contributed by atoms with Crippen molar-refractivity contribution in [1.82, 2.24) is 0 Å². The fourth-order valence-corrected chi connectivity index (χ4v) is 0.474. The first-order chi connectivity index (χ1) is 4.43. The van der Waals surface area contributed by atoms with E-state index in [-0.39, 0.29) is 0 Å². The first-order valence-electron chi connectivity index (χ1n) is 2.54. The predicted octanol–water partition coefficient (Wildman–Crippen LogP) is 0.135. The summed E-state index contributed by atoms with van der Waals surface area (Å²) in [4.78, 5) is 17.5. The van der Waals surface area contributed by atoms with Crippen molar-refractivity contribution < 1.29 is 4.79 Å². The molecule has 0 aromatic rings. The van der Waals surface area contributed by atoms with Gasteiger partial charge in [0, 0.05) is 12.4 Å². The Morgan fingerprint density at radius 1 is 1.67 bits per heavy atom. The van der Waals surface area contributed by atoms with Crippen molar-refractivity contribution in [3.05, 3.63) is 11.8 Å². The second-order valence-corrected chi connectivity index (χ2v) is 1.48. The molecule has 0 spiro atoms. The van der Waals surface area contributed by atoms with Gasteiger partial charge in [0.15, 0.2) is 0 Å². The number of hydrogen-bond acceptors (Lipinski definition) is 3. The van der Waals surface area contributed by atoms with E-state index >= 15 is 0 Å². The fraction of sp³-hybridized carbons (Fsp3) is 0.167. The topological polar surface area (TPSA) is 41.8 Å². The van der Waals surface area contributed by atoms with Crippen LogP contribution in [0.3, 0.4) is 0 Å². The van der Waals surface area contributed by atoms with E-state index < -0.39 is 0 Å². The van der Waals surface area contributed by atoms with Crippen molar-refractivity contribution in [2.45, 2.75) is 0 Å². The zero-order valence-corrected chi connectivity index (χ0v) is 4.74. The summed E-state index contributed by atoms with van der Waals surface area (Å²) in [5.41, 5.74) is 0.302. The molecule has 0 saturated heterocycles. The Bertz CT molecular complexity index is 191. The van der Waals surface area contributed by atoms with Gasteiger partial charge in [-0.15, -0.1) is 0 Å². The van der Waals surface area contributed by atoms with Gasteiger partial charge in [-0.05, 0) is 6.08 Å². The molecular formula is C6H5N2O.